The molecule has 1 aliphatic rings. The molecule has 2 aromatic heterocycles. The molecule has 7 heteroatoms. The van der Waals surface area contributed by atoms with Gasteiger partial charge < -0.3 is 15.1 Å². The molecule has 2 N–H and O–H groups in total. The Morgan fingerprint density at radius 2 is 2.19 bits per heavy atom. The van der Waals surface area contributed by atoms with E-state index < -0.39 is 0 Å². The van der Waals surface area contributed by atoms with Crippen LogP contribution in [0.5, 0.6) is 0 Å². The highest BCUT2D eigenvalue weighted by Crippen LogP contribution is 2.33. The number of para-hydroxylation sites is 1. The van der Waals surface area contributed by atoms with Crippen LogP contribution in [0.4, 0.5) is 0 Å². The first-order chi connectivity index (χ1) is 12.3. The van der Waals surface area contributed by atoms with E-state index in [1.54, 1.807) is 23.1 Å². The number of hydrogen-bond donors (Lipinski definition) is 2. The lowest BCUT2D eigenvalue weighted by Gasteiger charge is -2.11. The standard InChI is InChI=1S/C19H20N2O2S2.ClH/c22-19(21-11-13-5-3-9-20-13)18-15(12-25-17-8-4-10-24-17)14-6-1-2-7-16(14)23-18;/h1-2,4,6-8,10,13,20H,3,5,9,11-12H2,(H,21,22);1H. The van der Waals surface area contributed by atoms with Crippen LogP contribution in [0.3, 0.4) is 0 Å². The Morgan fingerprint density at radius 1 is 1.31 bits per heavy atom. The summed E-state index contributed by atoms with van der Waals surface area (Å²) in [4.78, 5) is 12.7. The number of nitrogens with one attached hydrogen (secondary N) is 2. The van der Waals surface area contributed by atoms with E-state index >= 15 is 0 Å². The number of carbonyl (C=O) groups is 1. The molecule has 0 aliphatic carbocycles. The van der Waals surface area contributed by atoms with Gasteiger partial charge >= 0.3 is 0 Å². The molecule has 1 saturated heterocycles. The van der Waals surface area contributed by atoms with Crippen molar-refractivity contribution in [2.75, 3.05) is 13.1 Å². The van der Waals surface area contributed by atoms with Crippen molar-refractivity contribution < 1.29 is 9.21 Å². The molecular weight excluding hydrogens is 388 g/mol. The molecule has 0 radical (unpaired) electrons. The van der Waals surface area contributed by atoms with E-state index in [2.05, 4.69) is 22.1 Å². The fourth-order valence-corrected chi connectivity index (χ4v) is 4.95. The van der Waals surface area contributed by atoms with Gasteiger partial charge in [0.1, 0.15) is 5.58 Å². The first kappa shape index (κ1) is 19.3. The Bertz CT molecular complexity index is 858. The number of benzene rings is 1. The summed E-state index contributed by atoms with van der Waals surface area (Å²) in [5, 5.41) is 9.53. The van der Waals surface area contributed by atoms with Crippen LogP contribution in [0.2, 0.25) is 0 Å². The zero-order valence-electron chi connectivity index (χ0n) is 14.2. The number of halogens is 1. The molecule has 4 nitrogen and oxygen atoms in total. The third-order valence-corrected chi connectivity index (χ3v) is 6.59. The van der Waals surface area contributed by atoms with Gasteiger partial charge in [0.05, 0.1) is 4.21 Å². The van der Waals surface area contributed by atoms with Gasteiger partial charge in [0.15, 0.2) is 5.76 Å². The zero-order valence-corrected chi connectivity index (χ0v) is 16.6. The zero-order chi connectivity index (χ0) is 17.1. The number of carbonyl (C=O) groups excluding carboxylic acids is 1. The van der Waals surface area contributed by atoms with Gasteiger partial charge in [-0.15, -0.1) is 35.5 Å². The van der Waals surface area contributed by atoms with Crippen LogP contribution < -0.4 is 10.6 Å². The molecule has 1 aliphatic heterocycles. The topological polar surface area (TPSA) is 54.3 Å². The lowest BCUT2D eigenvalue weighted by atomic mass is 10.1. The first-order valence-corrected chi connectivity index (χ1v) is 10.4. The Labute approximate surface area is 167 Å². The van der Waals surface area contributed by atoms with E-state index in [0.717, 1.165) is 35.3 Å². The second-order valence-electron chi connectivity index (χ2n) is 6.13. The monoisotopic (exact) mass is 408 g/mol. The maximum atomic E-state index is 12.7. The number of fused-ring (bicyclic) bond motifs is 1. The Balaban J connectivity index is 0.00000196. The molecule has 4 rings (SSSR count). The van der Waals surface area contributed by atoms with E-state index in [1.165, 1.54) is 10.6 Å². The second-order valence-corrected chi connectivity index (χ2v) is 8.35. The fraction of sp³-hybridized carbons (Fsp3) is 0.316. The van der Waals surface area contributed by atoms with Crippen LogP contribution in [-0.4, -0.2) is 25.0 Å². The SMILES string of the molecule is Cl.O=C(NCC1CCCN1)c1oc2ccccc2c1CSc1cccs1. The average molecular weight is 409 g/mol. The summed E-state index contributed by atoms with van der Waals surface area (Å²) in [7, 11) is 0. The van der Waals surface area contributed by atoms with Crippen LogP contribution in [0.25, 0.3) is 11.0 Å². The molecule has 0 bridgehead atoms. The molecule has 1 atom stereocenters. The average Bonchev–Trinajstić information content (AvgIpc) is 3.38. The molecule has 3 aromatic rings. The largest absolute Gasteiger partial charge is 0.451 e. The maximum absolute atomic E-state index is 12.7. The summed E-state index contributed by atoms with van der Waals surface area (Å²) in [5.41, 5.74) is 1.75. The molecule has 1 fully saturated rings. The van der Waals surface area contributed by atoms with Gasteiger partial charge in [-0.25, -0.2) is 0 Å². The molecule has 26 heavy (non-hydrogen) atoms. The van der Waals surface area contributed by atoms with Crippen molar-refractivity contribution in [2.45, 2.75) is 28.8 Å². The second kappa shape index (κ2) is 8.95. The third-order valence-electron chi connectivity index (χ3n) is 4.43. The molecule has 1 amide bonds. The van der Waals surface area contributed by atoms with Gasteiger partial charge in [-0.2, -0.15) is 0 Å². The van der Waals surface area contributed by atoms with Gasteiger partial charge in [0.25, 0.3) is 5.91 Å². The minimum atomic E-state index is -0.119. The van der Waals surface area contributed by atoms with E-state index in [0.29, 0.717) is 18.3 Å². The van der Waals surface area contributed by atoms with Crippen LogP contribution >= 0.6 is 35.5 Å². The van der Waals surface area contributed by atoms with E-state index in [-0.39, 0.29) is 18.3 Å². The van der Waals surface area contributed by atoms with Crippen molar-refractivity contribution in [3.63, 3.8) is 0 Å². The molecule has 3 heterocycles. The van der Waals surface area contributed by atoms with Gasteiger partial charge in [0, 0.05) is 29.3 Å². The minimum absolute atomic E-state index is 0. The maximum Gasteiger partial charge on any atom is 0.287 e. The molecule has 1 unspecified atom stereocenters. The quantitative estimate of drug-likeness (QED) is 0.581. The summed E-state index contributed by atoms with van der Waals surface area (Å²) >= 11 is 3.46. The highest BCUT2D eigenvalue weighted by molar-refractivity contribution is 8.00. The van der Waals surface area contributed by atoms with E-state index in [9.17, 15) is 4.79 Å². The highest BCUT2D eigenvalue weighted by Gasteiger charge is 2.22. The van der Waals surface area contributed by atoms with Crippen LogP contribution in [0.1, 0.15) is 29.0 Å². The number of hydrogen-bond acceptors (Lipinski definition) is 5. The van der Waals surface area contributed by atoms with Crippen LogP contribution in [0.15, 0.2) is 50.4 Å². The van der Waals surface area contributed by atoms with Crippen molar-refractivity contribution >= 4 is 52.4 Å². The Morgan fingerprint density at radius 3 is 2.96 bits per heavy atom. The minimum Gasteiger partial charge on any atom is -0.451 e. The van der Waals surface area contributed by atoms with Gasteiger partial charge in [-0.1, -0.05) is 24.3 Å². The summed E-state index contributed by atoms with van der Waals surface area (Å²) in [6.07, 6.45) is 2.29. The number of thiophene rings is 1. The van der Waals surface area contributed by atoms with Crippen molar-refractivity contribution in [2.24, 2.45) is 0 Å². The van der Waals surface area contributed by atoms with Crippen molar-refractivity contribution in [3.05, 3.63) is 53.1 Å². The predicted octanol–water partition coefficient (Wildman–Crippen LogP) is 4.69. The molecular formula is C19H21ClN2O2S2. The van der Waals surface area contributed by atoms with Crippen molar-refractivity contribution in [3.8, 4) is 0 Å². The number of furan rings is 1. The summed E-state index contributed by atoms with van der Waals surface area (Å²) in [6.45, 7) is 1.68. The van der Waals surface area contributed by atoms with E-state index in [1.807, 2.05) is 30.3 Å². The summed E-state index contributed by atoms with van der Waals surface area (Å²) < 4.78 is 7.15. The number of rotatable bonds is 6. The normalized spacial score (nSPS) is 16.5. The third kappa shape index (κ3) is 4.26. The van der Waals surface area contributed by atoms with Crippen LogP contribution in [-0.2, 0) is 5.75 Å². The summed E-state index contributed by atoms with van der Waals surface area (Å²) in [5.74, 6) is 1.05. The predicted molar refractivity (Wildman–Crippen MR) is 111 cm³/mol. The molecule has 138 valence electrons. The first-order valence-electron chi connectivity index (χ1n) is 8.49. The van der Waals surface area contributed by atoms with Crippen molar-refractivity contribution in [1.29, 1.82) is 0 Å². The fourth-order valence-electron chi connectivity index (χ4n) is 3.14. The van der Waals surface area contributed by atoms with Gasteiger partial charge in [0.2, 0.25) is 0 Å². The Kier molecular flexibility index (Phi) is 6.64. The molecule has 0 saturated carbocycles. The van der Waals surface area contributed by atoms with Gasteiger partial charge in [-0.3, -0.25) is 4.79 Å². The van der Waals surface area contributed by atoms with Gasteiger partial charge in [-0.05, 0) is 36.9 Å². The smallest absolute Gasteiger partial charge is 0.287 e. The number of thioether (sulfide) groups is 1. The lowest BCUT2D eigenvalue weighted by Crippen LogP contribution is -2.37. The lowest BCUT2D eigenvalue weighted by molar-refractivity contribution is 0.0924. The molecule has 1 aromatic carbocycles. The van der Waals surface area contributed by atoms with Crippen molar-refractivity contribution in [1.82, 2.24) is 10.6 Å². The number of amides is 1. The highest BCUT2D eigenvalue weighted by atomic mass is 35.5. The summed E-state index contributed by atoms with van der Waals surface area (Å²) in [6, 6.07) is 12.4. The molecule has 0 spiro atoms. The Hall–Kier alpha value is -1.47. The van der Waals surface area contributed by atoms with E-state index in [4.69, 9.17) is 4.42 Å². The van der Waals surface area contributed by atoms with Crippen LogP contribution in [0, 0.1) is 0 Å².